The highest BCUT2D eigenvalue weighted by Crippen LogP contribution is 2.42. The van der Waals surface area contributed by atoms with E-state index in [9.17, 15) is 14.7 Å². The van der Waals surface area contributed by atoms with Crippen LogP contribution >= 0.6 is 0 Å². The number of methoxy groups -OCH3 is 2. The van der Waals surface area contributed by atoms with Crippen LogP contribution in [0.25, 0.3) is 0 Å². The molecule has 3 aromatic carbocycles. The number of anilines is 1. The van der Waals surface area contributed by atoms with E-state index in [0.29, 0.717) is 17.1 Å². The lowest BCUT2D eigenvalue weighted by molar-refractivity contribution is -0.114. The number of aliphatic hydroxyl groups excluding tert-OH is 1. The molecule has 1 aromatic heterocycles. The molecule has 5 rings (SSSR count). The summed E-state index contributed by atoms with van der Waals surface area (Å²) in [5.74, 6) is 6.72. The number of rotatable bonds is 10. The molecule has 1 fully saturated rings. The summed E-state index contributed by atoms with van der Waals surface area (Å²) in [6.07, 6.45) is -0.946. The normalized spacial score (nSPS) is 17.7. The van der Waals surface area contributed by atoms with Gasteiger partial charge in [0.2, 0.25) is 5.91 Å². The van der Waals surface area contributed by atoms with Crippen LogP contribution in [0.4, 0.5) is 5.82 Å². The Morgan fingerprint density at radius 3 is 2.11 bits per heavy atom. The summed E-state index contributed by atoms with van der Waals surface area (Å²) in [6.45, 7) is 2.95. The molecule has 0 aliphatic carbocycles. The van der Waals surface area contributed by atoms with Crippen molar-refractivity contribution >= 4 is 11.7 Å². The van der Waals surface area contributed by atoms with E-state index in [1.807, 2.05) is 78.9 Å². The first-order chi connectivity index (χ1) is 21.8. The summed E-state index contributed by atoms with van der Waals surface area (Å²) in [5.41, 5.74) is 1.13. The first kappa shape index (κ1) is 31.5. The lowest BCUT2D eigenvalue weighted by Crippen LogP contribution is -2.38. The highest BCUT2D eigenvalue weighted by Gasteiger charge is 2.42. The standard InChI is InChI=1S/C35H35N3O7/c1-5-9-24-21-38(34(41)37-33(24)36-23(2)39)32-20-30(40)31(45-32)22-44-35(25-10-7-6-8-11-25,26-12-16-28(42-3)17-13-26)27-14-18-29(43-4)19-15-27/h6-8,10-19,21,30-32,40H,20,22H2,1-4H3,(H,36,37,39,41)/t30?,31-,32-/m1/s1. The number of ether oxygens (including phenoxy) is 4. The van der Waals surface area contributed by atoms with Crippen LogP contribution in [0.15, 0.2) is 89.9 Å². The van der Waals surface area contributed by atoms with E-state index in [4.69, 9.17) is 18.9 Å². The summed E-state index contributed by atoms with van der Waals surface area (Å²) < 4.78 is 25.3. The number of amides is 1. The summed E-state index contributed by atoms with van der Waals surface area (Å²) in [5, 5.41) is 13.7. The Kier molecular flexibility index (Phi) is 9.64. The van der Waals surface area contributed by atoms with Crippen LogP contribution in [0.1, 0.15) is 48.8 Å². The Bertz CT molecular complexity index is 1700. The molecule has 2 N–H and O–H groups in total. The van der Waals surface area contributed by atoms with Gasteiger partial charge in [0.1, 0.15) is 29.4 Å². The molecular weight excluding hydrogens is 574 g/mol. The van der Waals surface area contributed by atoms with Gasteiger partial charge in [0.05, 0.1) is 32.5 Å². The van der Waals surface area contributed by atoms with Crippen LogP contribution in [0.2, 0.25) is 0 Å². The molecule has 1 aliphatic heterocycles. The van der Waals surface area contributed by atoms with Gasteiger partial charge in [0.25, 0.3) is 0 Å². The molecule has 0 radical (unpaired) electrons. The fraction of sp³-hybridized carbons (Fsp3) is 0.286. The first-order valence-corrected chi connectivity index (χ1v) is 14.4. The lowest BCUT2D eigenvalue weighted by atomic mass is 9.80. The predicted octanol–water partition coefficient (Wildman–Crippen LogP) is 4.25. The molecule has 1 amide bonds. The van der Waals surface area contributed by atoms with Gasteiger partial charge in [-0.05, 0) is 47.9 Å². The van der Waals surface area contributed by atoms with Gasteiger partial charge in [0.15, 0.2) is 5.82 Å². The second-order valence-corrected chi connectivity index (χ2v) is 10.5. The predicted molar refractivity (Wildman–Crippen MR) is 168 cm³/mol. The van der Waals surface area contributed by atoms with Crippen molar-refractivity contribution in [1.82, 2.24) is 9.55 Å². The minimum atomic E-state index is -1.11. The second-order valence-electron chi connectivity index (χ2n) is 10.5. The molecule has 4 aromatic rings. The van der Waals surface area contributed by atoms with E-state index in [0.717, 1.165) is 16.7 Å². The highest BCUT2D eigenvalue weighted by atomic mass is 16.6. The topological polar surface area (TPSA) is 121 Å². The van der Waals surface area contributed by atoms with Crippen LogP contribution in [0, 0.1) is 11.8 Å². The third kappa shape index (κ3) is 6.61. The average Bonchev–Trinajstić information content (AvgIpc) is 3.43. The van der Waals surface area contributed by atoms with Crippen molar-refractivity contribution in [3.8, 4) is 23.3 Å². The Morgan fingerprint density at radius 1 is 1.00 bits per heavy atom. The molecule has 2 heterocycles. The van der Waals surface area contributed by atoms with Gasteiger partial charge in [0, 0.05) is 19.5 Å². The molecule has 10 nitrogen and oxygen atoms in total. The number of nitrogens with one attached hydrogen (secondary N) is 1. The van der Waals surface area contributed by atoms with Gasteiger partial charge in [-0.25, -0.2) is 4.79 Å². The number of aromatic nitrogens is 2. The zero-order chi connectivity index (χ0) is 32.0. The number of carbonyl (C=O) groups excluding carboxylic acids is 1. The van der Waals surface area contributed by atoms with E-state index in [1.165, 1.54) is 17.7 Å². The van der Waals surface area contributed by atoms with Crippen LogP contribution in [0.5, 0.6) is 11.5 Å². The largest absolute Gasteiger partial charge is 0.497 e. The molecule has 0 saturated carbocycles. The maximum absolute atomic E-state index is 13.0. The minimum absolute atomic E-state index is 0.0155. The van der Waals surface area contributed by atoms with Crippen molar-refractivity contribution in [2.75, 3.05) is 26.1 Å². The zero-order valence-corrected chi connectivity index (χ0v) is 25.5. The molecular formula is C35H35N3O7. The van der Waals surface area contributed by atoms with Gasteiger partial charge in [-0.3, -0.25) is 9.36 Å². The molecule has 0 spiro atoms. The number of hydrogen-bond acceptors (Lipinski definition) is 8. The van der Waals surface area contributed by atoms with Crippen molar-refractivity contribution in [2.45, 2.75) is 44.3 Å². The maximum Gasteiger partial charge on any atom is 0.351 e. The van der Waals surface area contributed by atoms with Gasteiger partial charge < -0.3 is 29.4 Å². The minimum Gasteiger partial charge on any atom is -0.497 e. The summed E-state index contributed by atoms with van der Waals surface area (Å²) >= 11 is 0. The zero-order valence-electron chi connectivity index (χ0n) is 25.5. The van der Waals surface area contributed by atoms with Crippen LogP contribution in [-0.4, -0.2) is 53.6 Å². The van der Waals surface area contributed by atoms with Gasteiger partial charge in [-0.1, -0.05) is 60.5 Å². The van der Waals surface area contributed by atoms with Gasteiger partial charge in [-0.2, -0.15) is 4.98 Å². The van der Waals surface area contributed by atoms with Crippen molar-refractivity contribution in [1.29, 1.82) is 0 Å². The quantitative estimate of drug-likeness (QED) is 0.202. The van der Waals surface area contributed by atoms with Crippen molar-refractivity contribution in [2.24, 2.45) is 0 Å². The van der Waals surface area contributed by atoms with Crippen LogP contribution in [-0.2, 0) is 19.9 Å². The average molecular weight is 610 g/mol. The Morgan fingerprint density at radius 2 is 1.58 bits per heavy atom. The second kappa shape index (κ2) is 13.8. The molecule has 1 unspecified atom stereocenters. The SMILES string of the molecule is CC#Cc1cn([C@H]2CC(O)[C@@H](COC(c3ccccc3)(c3ccc(OC)cc3)c3ccc(OC)cc3)O2)c(=O)nc1NC(C)=O. The number of carbonyl (C=O) groups is 1. The first-order valence-electron chi connectivity index (χ1n) is 14.4. The van der Waals surface area contributed by atoms with Gasteiger partial charge in [-0.15, -0.1) is 5.92 Å². The van der Waals surface area contributed by atoms with E-state index in [2.05, 4.69) is 22.1 Å². The summed E-state index contributed by atoms with van der Waals surface area (Å²) in [4.78, 5) is 28.7. The fourth-order valence-electron chi connectivity index (χ4n) is 5.48. The number of hydrogen-bond donors (Lipinski definition) is 2. The van der Waals surface area contributed by atoms with E-state index in [-0.39, 0.29) is 24.8 Å². The molecule has 10 heteroatoms. The van der Waals surface area contributed by atoms with E-state index < -0.39 is 29.7 Å². The molecule has 232 valence electrons. The highest BCUT2D eigenvalue weighted by molar-refractivity contribution is 5.88. The van der Waals surface area contributed by atoms with Crippen molar-refractivity contribution < 1.29 is 28.8 Å². The number of nitrogens with zero attached hydrogens (tertiary/aromatic N) is 2. The third-order valence-corrected chi connectivity index (χ3v) is 7.66. The monoisotopic (exact) mass is 609 g/mol. The van der Waals surface area contributed by atoms with Crippen molar-refractivity contribution in [3.05, 3.63) is 118 Å². The van der Waals surface area contributed by atoms with Crippen LogP contribution < -0.4 is 20.5 Å². The molecule has 0 bridgehead atoms. The Labute approximate surface area is 261 Å². The summed E-state index contributed by atoms with van der Waals surface area (Å²) in [7, 11) is 3.22. The van der Waals surface area contributed by atoms with Gasteiger partial charge >= 0.3 is 5.69 Å². The molecule has 45 heavy (non-hydrogen) atoms. The third-order valence-electron chi connectivity index (χ3n) is 7.66. The lowest BCUT2D eigenvalue weighted by Gasteiger charge is -2.37. The number of aliphatic hydroxyl groups is 1. The smallest absolute Gasteiger partial charge is 0.351 e. The van der Waals surface area contributed by atoms with Crippen molar-refractivity contribution in [3.63, 3.8) is 0 Å². The Hall–Kier alpha value is -4.95. The summed E-state index contributed by atoms with van der Waals surface area (Å²) in [6, 6.07) is 25.1. The van der Waals surface area contributed by atoms with E-state index >= 15 is 0 Å². The molecule has 3 atom stereocenters. The molecule has 1 saturated heterocycles. The Balaban J connectivity index is 1.51. The molecule has 1 aliphatic rings. The fourth-order valence-corrected chi connectivity index (χ4v) is 5.48. The maximum atomic E-state index is 13.0. The van der Waals surface area contributed by atoms with Crippen LogP contribution in [0.3, 0.4) is 0 Å². The number of benzene rings is 3. The van der Waals surface area contributed by atoms with E-state index in [1.54, 1.807) is 21.1 Å².